The topological polar surface area (TPSA) is 49.3 Å². The maximum absolute atomic E-state index is 11.7. The monoisotopic (exact) mass is 339 g/mol. The fourth-order valence-corrected chi connectivity index (χ4v) is 4.33. The van der Waals surface area contributed by atoms with Gasteiger partial charge in [-0.3, -0.25) is 0 Å². The number of fused-ring (bicyclic) bond motifs is 3. The van der Waals surface area contributed by atoms with Crippen LogP contribution in [0.25, 0.3) is 0 Å². The number of aryl methyl sites for hydroxylation is 1. The van der Waals surface area contributed by atoms with Crippen LogP contribution in [0.15, 0.2) is 48.6 Å². The van der Waals surface area contributed by atoms with Crippen molar-refractivity contribution in [3.8, 4) is 0 Å². The van der Waals surface area contributed by atoms with Gasteiger partial charge in [0.25, 0.3) is 0 Å². The molecule has 4 rings (SSSR count). The van der Waals surface area contributed by atoms with Gasteiger partial charge in [0.1, 0.15) is 0 Å². The van der Waals surface area contributed by atoms with Gasteiger partial charge in [0.15, 0.2) is 0 Å². The predicted octanol–water partition coefficient (Wildman–Crippen LogP) is 5.17. The van der Waals surface area contributed by atoms with E-state index < -0.39 is 5.97 Å². The molecule has 0 spiro atoms. The Kier molecular flexibility index (Phi) is 3.61. The number of allylic oxidation sites excluding steroid dienone is 2. The number of hydrogen-bond acceptors (Lipinski definition) is 2. The van der Waals surface area contributed by atoms with E-state index in [1.165, 1.54) is 0 Å². The number of nitrogens with one attached hydrogen (secondary N) is 1. The molecule has 122 valence electrons. The lowest BCUT2D eigenvalue weighted by atomic mass is 9.74. The van der Waals surface area contributed by atoms with Gasteiger partial charge in [-0.05, 0) is 48.1 Å². The second-order valence-corrected chi connectivity index (χ2v) is 6.93. The lowest BCUT2D eigenvalue weighted by Crippen LogP contribution is -2.31. The Bertz CT molecular complexity index is 859. The van der Waals surface area contributed by atoms with Crippen LogP contribution in [-0.2, 0) is 0 Å². The van der Waals surface area contributed by atoms with Gasteiger partial charge in [-0.1, -0.05) is 48.0 Å². The van der Waals surface area contributed by atoms with Crippen molar-refractivity contribution < 1.29 is 9.90 Å². The standard InChI is InChI=1S/C20H18ClNO2/c1-11-9-10-15(20(23)24)17-12-6-4-7-13(12)19(22-18(11)17)14-5-2-3-8-16(14)21/h2-6,8-10,12-13,19,22H,7H2,1H3,(H,23,24)/t12-,13+,19+/m1/s1. The summed E-state index contributed by atoms with van der Waals surface area (Å²) in [6.07, 6.45) is 5.23. The van der Waals surface area contributed by atoms with E-state index in [0.717, 1.165) is 33.8 Å². The number of carboxylic acid groups (broad SMARTS) is 1. The van der Waals surface area contributed by atoms with Crippen molar-refractivity contribution in [1.82, 2.24) is 0 Å². The number of hydrogen-bond donors (Lipinski definition) is 2. The van der Waals surface area contributed by atoms with E-state index in [1.54, 1.807) is 6.07 Å². The van der Waals surface area contributed by atoms with E-state index in [4.69, 9.17) is 11.6 Å². The molecule has 1 aliphatic heterocycles. The van der Waals surface area contributed by atoms with E-state index in [-0.39, 0.29) is 17.9 Å². The number of carbonyl (C=O) groups is 1. The van der Waals surface area contributed by atoms with E-state index in [9.17, 15) is 9.90 Å². The normalized spacial score (nSPS) is 24.2. The first-order chi connectivity index (χ1) is 11.6. The largest absolute Gasteiger partial charge is 0.478 e. The van der Waals surface area contributed by atoms with Crippen molar-refractivity contribution >= 4 is 23.3 Å². The third-order valence-electron chi connectivity index (χ3n) is 5.20. The average molecular weight is 340 g/mol. The molecule has 0 amide bonds. The summed E-state index contributed by atoms with van der Waals surface area (Å²) in [5.41, 5.74) is 4.37. The van der Waals surface area contributed by atoms with Gasteiger partial charge in [0.2, 0.25) is 0 Å². The molecule has 2 aliphatic rings. The number of rotatable bonds is 2. The Morgan fingerprint density at radius 1 is 1.25 bits per heavy atom. The van der Waals surface area contributed by atoms with Crippen LogP contribution in [-0.4, -0.2) is 11.1 Å². The van der Waals surface area contributed by atoms with Gasteiger partial charge >= 0.3 is 5.97 Å². The summed E-state index contributed by atoms with van der Waals surface area (Å²) in [5, 5.41) is 14.0. The molecule has 0 saturated carbocycles. The number of aromatic carboxylic acids is 1. The first kappa shape index (κ1) is 15.3. The van der Waals surface area contributed by atoms with Crippen molar-refractivity contribution in [2.75, 3.05) is 5.32 Å². The third-order valence-corrected chi connectivity index (χ3v) is 5.54. The van der Waals surface area contributed by atoms with Crippen molar-refractivity contribution in [2.45, 2.75) is 25.3 Å². The zero-order valence-corrected chi connectivity index (χ0v) is 14.0. The molecule has 4 heteroatoms. The highest BCUT2D eigenvalue weighted by molar-refractivity contribution is 6.31. The van der Waals surface area contributed by atoms with Gasteiger partial charge in [-0.15, -0.1) is 0 Å². The molecule has 3 nitrogen and oxygen atoms in total. The molecule has 0 fully saturated rings. The highest BCUT2D eigenvalue weighted by Crippen LogP contribution is 2.52. The van der Waals surface area contributed by atoms with Crippen LogP contribution in [0.5, 0.6) is 0 Å². The SMILES string of the molecule is Cc1ccc(C(=O)O)c2c1N[C@H](c1ccccc1Cl)[C@H]1CC=C[C@@H]21. The highest BCUT2D eigenvalue weighted by Gasteiger charge is 2.41. The van der Waals surface area contributed by atoms with Gasteiger partial charge in [0.05, 0.1) is 11.6 Å². The smallest absolute Gasteiger partial charge is 0.336 e. The minimum atomic E-state index is -0.872. The summed E-state index contributed by atoms with van der Waals surface area (Å²) in [6, 6.07) is 11.6. The summed E-state index contributed by atoms with van der Waals surface area (Å²) in [7, 11) is 0. The molecule has 0 radical (unpaired) electrons. The fourth-order valence-electron chi connectivity index (χ4n) is 4.08. The van der Waals surface area contributed by atoms with Crippen LogP contribution in [0.3, 0.4) is 0 Å². The Morgan fingerprint density at radius 2 is 2.04 bits per heavy atom. The zero-order valence-electron chi connectivity index (χ0n) is 13.3. The molecule has 2 aromatic rings. The lowest BCUT2D eigenvalue weighted by molar-refractivity contribution is 0.0695. The molecule has 2 N–H and O–H groups in total. The van der Waals surface area contributed by atoms with Crippen molar-refractivity contribution in [1.29, 1.82) is 0 Å². The number of anilines is 1. The summed E-state index contributed by atoms with van der Waals surface area (Å²) in [5.74, 6) is -0.492. The Balaban J connectivity index is 1.90. The first-order valence-electron chi connectivity index (χ1n) is 8.12. The molecule has 0 unspecified atom stereocenters. The van der Waals surface area contributed by atoms with Crippen LogP contribution in [0.4, 0.5) is 5.69 Å². The average Bonchev–Trinajstić information content (AvgIpc) is 3.05. The van der Waals surface area contributed by atoms with Crippen LogP contribution in [0.1, 0.15) is 45.4 Å². The van der Waals surface area contributed by atoms with Crippen LogP contribution in [0, 0.1) is 12.8 Å². The molecule has 0 aromatic heterocycles. The molecular formula is C20H18ClNO2. The highest BCUT2D eigenvalue weighted by atomic mass is 35.5. The molecule has 24 heavy (non-hydrogen) atoms. The quantitative estimate of drug-likeness (QED) is 0.742. The van der Waals surface area contributed by atoms with Gasteiger partial charge in [0, 0.05) is 16.6 Å². The summed E-state index contributed by atoms with van der Waals surface area (Å²) < 4.78 is 0. The van der Waals surface area contributed by atoms with E-state index in [1.807, 2.05) is 31.2 Å². The number of carboxylic acids is 1. The van der Waals surface area contributed by atoms with Gasteiger partial charge in [-0.25, -0.2) is 4.79 Å². The molecule has 0 bridgehead atoms. The Morgan fingerprint density at radius 3 is 2.79 bits per heavy atom. The fraction of sp³-hybridized carbons (Fsp3) is 0.250. The van der Waals surface area contributed by atoms with E-state index in [0.29, 0.717) is 5.56 Å². The number of benzene rings is 2. The predicted molar refractivity (Wildman–Crippen MR) is 95.9 cm³/mol. The second kappa shape index (κ2) is 5.67. The van der Waals surface area contributed by atoms with Gasteiger partial charge in [-0.2, -0.15) is 0 Å². The Labute approximate surface area is 146 Å². The summed E-state index contributed by atoms with van der Waals surface area (Å²) in [4.78, 5) is 11.7. The van der Waals surface area contributed by atoms with Gasteiger partial charge < -0.3 is 10.4 Å². The van der Waals surface area contributed by atoms with Crippen molar-refractivity contribution in [3.05, 3.63) is 75.8 Å². The Hall–Kier alpha value is -2.26. The first-order valence-corrected chi connectivity index (χ1v) is 8.50. The van der Waals surface area contributed by atoms with Crippen molar-refractivity contribution in [2.24, 2.45) is 5.92 Å². The summed E-state index contributed by atoms with van der Waals surface area (Å²) in [6.45, 7) is 2.01. The maximum atomic E-state index is 11.7. The molecule has 3 atom stereocenters. The third kappa shape index (κ3) is 2.23. The van der Waals surface area contributed by atoms with Crippen molar-refractivity contribution in [3.63, 3.8) is 0 Å². The molecule has 2 aromatic carbocycles. The molecule has 1 aliphatic carbocycles. The van der Waals surface area contributed by atoms with Crippen LogP contribution in [0.2, 0.25) is 5.02 Å². The van der Waals surface area contributed by atoms with Crippen LogP contribution < -0.4 is 5.32 Å². The maximum Gasteiger partial charge on any atom is 0.336 e. The summed E-state index contributed by atoms with van der Waals surface area (Å²) >= 11 is 6.44. The molecular weight excluding hydrogens is 322 g/mol. The second-order valence-electron chi connectivity index (χ2n) is 6.52. The number of halogens is 1. The van der Waals surface area contributed by atoms with Crippen LogP contribution >= 0.6 is 11.6 Å². The molecule has 0 saturated heterocycles. The minimum absolute atomic E-state index is 0.0777. The molecule has 1 heterocycles. The minimum Gasteiger partial charge on any atom is -0.478 e. The van der Waals surface area contributed by atoms with E-state index >= 15 is 0 Å². The van der Waals surface area contributed by atoms with E-state index in [2.05, 4.69) is 23.5 Å². The lowest BCUT2D eigenvalue weighted by Gasteiger charge is -2.39. The zero-order chi connectivity index (χ0) is 16.8.